The van der Waals surface area contributed by atoms with Crippen LogP contribution in [0.4, 0.5) is 10.5 Å². The van der Waals surface area contributed by atoms with Crippen LogP contribution in [0.5, 0.6) is 0 Å². The first kappa shape index (κ1) is 14.4. The molecule has 20 heavy (non-hydrogen) atoms. The lowest BCUT2D eigenvalue weighted by atomic mass is 10.00. The number of benzene rings is 1. The third-order valence-corrected chi connectivity index (χ3v) is 3.52. The van der Waals surface area contributed by atoms with E-state index in [1.54, 1.807) is 0 Å². The summed E-state index contributed by atoms with van der Waals surface area (Å²) in [6.45, 7) is 4.23. The average molecular weight is 271 g/mol. The van der Waals surface area contributed by atoms with Gasteiger partial charge in [0.05, 0.1) is 6.54 Å². The van der Waals surface area contributed by atoms with Gasteiger partial charge in [-0.15, -0.1) is 0 Å². The number of nitrogens with one attached hydrogen (secondary N) is 1. The van der Waals surface area contributed by atoms with Crippen molar-refractivity contribution >= 4 is 11.7 Å². The highest BCUT2D eigenvalue weighted by molar-refractivity contribution is 5.89. The molecule has 1 saturated heterocycles. The maximum Gasteiger partial charge on any atom is 0.321 e. The van der Waals surface area contributed by atoms with Gasteiger partial charge in [-0.3, -0.25) is 0 Å². The molecule has 1 aromatic carbocycles. The predicted molar refractivity (Wildman–Crippen MR) is 81.4 cm³/mol. The highest BCUT2D eigenvalue weighted by Gasteiger charge is 2.20. The largest absolute Gasteiger partial charge is 0.325 e. The van der Waals surface area contributed by atoms with Crippen LogP contribution in [-0.2, 0) is 0 Å². The number of likely N-dealkylation sites (tertiary alicyclic amines) is 1. The van der Waals surface area contributed by atoms with Gasteiger partial charge in [0, 0.05) is 24.3 Å². The van der Waals surface area contributed by atoms with Crippen molar-refractivity contribution < 1.29 is 4.79 Å². The first-order valence-corrected chi connectivity index (χ1v) is 7.04. The Labute approximate surface area is 120 Å². The van der Waals surface area contributed by atoms with Crippen LogP contribution in [0, 0.1) is 17.8 Å². The lowest BCUT2D eigenvalue weighted by molar-refractivity contribution is 0.186. The van der Waals surface area contributed by atoms with Crippen LogP contribution in [0.1, 0.15) is 25.3 Å². The van der Waals surface area contributed by atoms with E-state index in [4.69, 9.17) is 5.73 Å². The number of nitrogens with two attached hydrogens (primary N) is 1. The highest BCUT2D eigenvalue weighted by Crippen LogP contribution is 2.17. The van der Waals surface area contributed by atoms with Crippen molar-refractivity contribution in [2.45, 2.75) is 19.8 Å². The molecule has 0 aromatic heterocycles. The fraction of sp³-hybridized carbons (Fsp3) is 0.438. The molecular weight excluding hydrogens is 250 g/mol. The highest BCUT2D eigenvalue weighted by atomic mass is 16.2. The maximum absolute atomic E-state index is 12.2. The Kier molecular flexibility index (Phi) is 5.03. The maximum atomic E-state index is 12.2. The standard InChI is InChI=1S/C16H21N3O/c1-13-7-10-19(11-8-13)16(20)18-15-6-2-4-14(12-15)5-3-9-17/h2,4,6,12-13H,7-11,17H2,1H3,(H,18,20). The Balaban J connectivity index is 1.97. The summed E-state index contributed by atoms with van der Waals surface area (Å²) < 4.78 is 0. The van der Waals surface area contributed by atoms with E-state index < -0.39 is 0 Å². The SMILES string of the molecule is CC1CCN(C(=O)Nc2cccc(C#CCN)c2)CC1. The number of carbonyl (C=O) groups excluding carboxylic acids is 1. The van der Waals surface area contributed by atoms with Crippen LogP contribution >= 0.6 is 0 Å². The van der Waals surface area contributed by atoms with E-state index in [1.165, 1.54) is 0 Å². The zero-order valence-corrected chi connectivity index (χ0v) is 11.9. The number of anilines is 1. The van der Waals surface area contributed by atoms with E-state index >= 15 is 0 Å². The molecule has 1 aliphatic rings. The molecule has 4 nitrogen and oxygen atoms in total. The Hall–Kier alpha value is -1.99. The van der Waals surface area contributed by atoms with Gasteiger partial charge in [-0.05, 0) is 37.0 Å². The Bertz CT molecular complexity index is 522. The van der Waals surface area contributed by atoms with Gasteiger partial charge in [-0.2, -0.15) is 0 Å². The minimum atomic E-state index is -0.0270. The van der Waals surface area contributed by atoms with E-state index in [0.29, 0.717) is 12.5 Å². The van der Waals surface area contributed by atoms with Gasteiger partial charge >= 0.3 is 6.03 Å². The molecule has 1 heterocycles. The molecule has 4 heteroatoms. The zero-order chi connectivity index (χ0) is 14.4. The van der Waals surface area contributed by atoms with Crippen LogP contribution in [0.25, 0.3) is 0 Å². The second kappa shape index (κ2) is 6.97. The summed E-state index contributed by atoms with van der Waals surface area (Å²) in [7, 11) is 0. The summed E-state index contributed by atoms with van der Waals surface area (Å²) in [5, 5.41) is 2.93. The fourth-order valence-electron chi connectivity index (χ4n) is 2.24. The Morgan fingerprint density at radius 3 is 2.90 bits per heavy atom. The second-order valence-electron chi connectivity index (χ2n) is 5.19. The van der Waals surface area contributed by atoms with Crippen molar-refractivity contribution in [3.05, 3.63) is 29.8 Å². The van der Waals surface area contributed by atoms with Gasteiger partial charge in [0.1, 0.15) is 0 Å². The lowest BCUT2D eigenvalue weighted by Gasteiger charge is -2.30. The quantitative estimate of drug-likeness (QED) is 0.770. The van der Waals surface area contributed by atoms with Crippen LogP contribution in [0.3, 0.4) is 0 Å². The molecular formula is C16H21N3O. The van der Waals surface area contributed by atoms with E-state index in [0.717, 1.165) is 37.2 Å². The van der Waals surface area contributed by atoms with Gasteiger partial charge in [-0.1, -0.05) is 24.8 Å². The molecule has 106 valence electrons. The third kappa shape index (κ3) is 4.01. The van der Waals surface area contributed by atoms with E-state index in [-0.39, 0.29) is 6.03 Å². The van der Waals surface area contributed by atoms with Crippen LogP contribution in [-0.4, -0.2) is 30.6 Å². The van der Waals surface area contributed by atoms with Crippen molar-refractivity contribution in [3.63, 3.8) is 0 Å². The number of rotatable bonds is 1. The predicted octanol–water partition coefficient (Wildman–Crippen LogP) is 2.26. The smallest absolute Gasteiger partial charge is 0.321 e. The molecule has 0 spiro atoms. The molecule has 0 unspecified atom stereocenters. The van der Waals surface area contributed by atoms with Crippen molar-refractivity contribution in [3.8, 4) is 11.8 Å². The van der Waals surface area contributed by atoms with Crippen LogP contribution in [0.2, 0.25) is 0 Å². The summed E-state index contributed by atoms with van der Waals surface area (Å²) in [6, 6.07) is 7.50. The van der Waals surface area contributed by atoms with Gasteiger partial charge in [-0.25, -0.2) is 4.79 Å². The number of amides is 2. The molecule has 0 aliphatic carbocycles. The van der Waals surface area contributed by atoms with Crippen molar-refractivity contribution in [1.82, 2.24) is 4.90 Å². The third-order valence-electron chi connectivity index (χ3n) is 3.52. The summed E-state index contributed by atoms with van der Waals surface area (Å²) in [6.07, 6.45) is 2.16. The molecule has 2 rings (SSSR count). The number of carbonyl (C=O) groups is 1. The van der Waals surface area contributed by atoms with E-state index in [2.05, 4.69) is 24.1 Å². The van der Waals surface area contributed by atoms with Gasteiger partial charge in [0.2, 0.25) is 0 Å². The van der Waals surface area contributed by atoms with Gasteiger partial charge < -0.3 is 16.0 Å². The van der Waals surface area contributed by atoms with Gasteiger partial charge in [0.25, 0.3) is 0 Å². The number of hydrogen-bond donors (Lipinski definition) is 2. The number of hydrogen-bond acceptors (Lipinski definition) is 2. The molecule has 0 radical (unpaired) electrons. The molecule has 2 amide bonds. The number of piperidine rings is 1. The topological polar surface area (TPSA) is 58.4 Å². The van der Waals surface area contributed by atoms with Gasteiger partial charge in [0.15, 0.2) is 0 Å². The van der Waals surface area contributed by atoms with Crippen LogP contribution in [0.15, 0.2) is 24.3 Å². The molecule has 0 atom stereocenters. The summed E-state index contributed by atoms with van der Waals surface area (Å²) >= 11 is 0. The monoisotopic (exact) mass is 271 g/mol. The van der Waals surface area contributed by atoms with Crippen LogP contribution < -0.4 is 11.1 Å². The molecule has 1 aliphatic heterocycles. The molecule has 3 N–H and O–H groups in total. The Morgan fingerprint density at radius 2 is 2.20 bits per heavy atom. The number of urea groups is 1. The molecule has 0 saturated carbocycles. The number of nitrogens with zero attached hydrogens (tertiary/aromatic N) is 1. The van der Waals surface area contributed by atoms with Crippen molar-refractivity contribution in [2.75, 3.05) is 25.0 Å². The minimum absolute atomic E-state index is 0.0270. The summed E-state index contributed by atoms with van der Waals surface area (Å²) in [4.78, 5) is 14.0. The normalized spacial score (nSPS) is 15.4. The Morgan fingerprint density at radius 1 is 1.45 bits per heavy atom. The van der Waals surface area contributed by atoms with Crippen molar-refractivity contribution in [1.29, 1.82) is 0 Å². The van der Waals surface area contributed by atoms with Crippen molar-refractivity contribution in [2.24, 2.45) is 11.7 Å². The first-order valence-electron chi connectivity index (χ1n) is 7.04. The lowest BCUT2D eigenvalue weighted by Crippen LogP contribution is -2.40. The molecule has 1 fully saturated rings. The second-order valence-corrected chi connectivity index (χ2v) is 5.19. The first-order chi connectivity index (χ1) is 9.69. The fourth-order valence-corrected chi connectivity index (χ4v) is 2.24. The summed E-state index contributed by atoms with van der Waals surface area (Å²) in [5.74, 6) is 6.49. The summed E-state index contributed by atoms with van der Waals surface area (Å²) in [5.41, 5.74) is 6.99. The zero-order valence-electron chi connectivity index (χ0n) is 11.9. The van der Waals surface area contributed by atoms with E-state index in [1.807, 2.05) is 29.2 Å². The average Bonchev–Trinajstić information content (AvgIpc) is 2.46. The van der Waals surface area contributed by atoms with E-state index in [9.17, 15) is 4.79 Å². The minimum Gasteiger partial charge on any atom is -0.325 e. The molecule has 0 bridgehead atoms. The molecule has 1 aromatic rings.